The van der Waals surface area contributed by atoms with Gasteiger partial charge in [0.1, 0.15) is 0 Å². The Morgan fingerprint density at radius 2 is 1.29 bits per heavy atom. The predicted octanol–water partition coefficient (Wildman–Crippen LogP) is 7.29. The smallest absolute Gasteiger partial charge is 0.193 e. The van der Waals surface area contributed by atoms with Gasteiger partial charge in [0.25, 0.3) is 0 Å². The van der Waals surface area contributed by atoms with Crippen molar-refractivity contribution in [3.8, 4) is 0 Å². The quantitative estimate of drug-likeness (QED) is 0.225. The summed E-state index contributed by atoms with van der Waals surface area (Å²) in [5.41, 5.74) is 5.53. The van der Waals surface area contributed by atoms with Crippen LogP contribution in [0.25, 0.3) is 0 Å². The van der Waals surface area contributed by atoms with Gasteiger partial charge in [-0.25, -0.2) is 0 Å². The lowest BCUT2D eigenvalue weighted by Gasteiger charge is -2.22. The Bertz CT molecular complexity index is 1250. The van der Waals surface area contributed by atoms with E-state index in [2.05, 4.69) is 55.7 Å². The number of rotatable bonds is 6. The molecule has 0 aliphatic carbocycles. The van der Waals surface area contributed by atoms with Crippen molar-refractivity contribution in [2.75, 3.05) is 5.32 Å². The molecular formula is C31H30N2OS. The van der Waals surface area contributed by atoms with E-state index in [0.717, 1.165) is 16.8 Å². The van der Waals surface area contributed by atoms with Crippen LogP contribution in [0.2, 0.25) is 0 Å². The number of benzene rings is 4. The van der Waals surface area contributed by atoms with Gasteiger partial charge in [-0.05, 0) is 46.5 Å². The van der Waals surface area contributed by atoms with E-state index in [1.165, 1.54) is 5.56 Å². The molecule has 0 aromatic heterocycles. The predicted molar refractivity (Wildman–Crippen MR) is 149 cm³/mol. The molecule has 4 rings (SSSR count). The fourth-order valence-electron chi connectivity index (χ4n) is 3.97. The third kappa shape index (κ3) is 6.23. The lowest BCUT2D eigenvalue weighted by Crippen LogP contribution is -2.33. The number of anilines is 1. The van der Waals surface area contributed by atoms with Gasteiger partial charge in [0.05, 0.1) is 6.04 Å². The lowest BCUT2D eigenvalue weighted by atomic mass is 9.86. The van der Waals surface area contributed by atoms with Gasteiger partial charge < -0.3 is 10.6 Å². The summed E-state index contributed by atoms with van der Waals surface area (Å²) in [6, 6.07) is 35.6. The molecule has 4 heteroatoms. The molecule has 0 saturated carbocycles. The van der Waals surface area contributed by atoms with Crippen LogP contribution in [-0.2, 0) is 5.41 Å². The summed E-state index contributed by atoms with van der Waals surface area (Å²) in [5, 5.41) is 7.18. The number of carbonyl (C=O) groups excluding carboxylic acids is 1. The molecule has 0 radical (unpaired) electrons. The molecule has 4 aromatic rings. The third-order valence-corrected chi connectivity index (χ3v) is 6.16. The van der Waals surface area contributed by atoms with Crippen LogP contribution in [0.15, 0.2) is 109 Å². The van der Waals surface area contributed by atoms with Crippen molar-refractivity contribution in [3.63, 3.8) is 0 Å². The monoisotopic (exact) mass is 478 g/mol. The van der Waals surface area contributed by atoms with Crippen molar-refractivity contribution in [2.24, 2.45) is 0 Å². The molecule has 0 aliphatic rings. The first-order chi connectivity index (χ1) is 16.8. The summed E-state index contributed by atoms with van der Waals surface area (Å²) in [5.74, 6) is -0.0144. The molecule has 0 spiro atoms. The molecule has 0 aliphatic heterocycles. The van der Waals surface area contributed by atoms with E-state index in [1.807, 2.05) is 84.9 Å². The van der Waals surface area contributed by atoms with Crippen LogP contribution < -0.4 is 10.6 Å². The summed E-state index contributed by atoms with van der Waals surface area (Å²) in [6.07, 6.45) is 0. The maximum atomic E-state index is 13.1. The van der Waals surface area contributed by atoms with E-state index in [1.54, 1.807) is 0 Å². The van der Waals surface area contributed by atoms with Crippen molar-refractivity contribution in [1.29, 1.82) is 0 Å². The summed E-state index contributed by atoms with van der Waals surface area (Å²) >= 11 is 5.66. The molecule has 0 amide bonds. The molecule has 0 heterocycles. The van der Waals surface area contributed by atoms with Gasteiger partial charge in [-0.1, -0.05) is 118 Å². The van der Waals surface area contributed by atoms with Crippen LogP contribution in [-0.4, -0.2) is 10.9 Å². The average Bonchev–Trinajstić information content (AvgIpc) is 2.87. The highest BCUT2D eigenvalue weighted by Crippen LogP contribution is 2.24. The summed E-state index contributed by atoms with van der Waals surface area (Å²) in [6.45, 7) is 6.49. The Kier molecular flexibility index (Phi) is 7.42. The van der Waals surface area contributed by atoms with Gasteiger partial charge in [-0.15, -0.1) is 0 Å². The first-order valence-electron chi connectivity index (χ1n) is 11.7. The largest absolute Gasteiger partial charge is 0.352 e. The highest BCUT2D eigenvalue weighted by Gasteiger charge is 2.17. The van der Waals surface area contributed by atoms with Crippen molar-refractivity contribution in [2.45, 2.75) is 32.2 Å². The van der Waals surface area contributed by atoms with E-state index in [0.29, 0.717) is 16.2 Å². The molecule has 0 atom stereocenters. The Balaban J connectivity index is 1.49. The van der Waals surface area contributed by atoms with Crippen molar-refractivity contribution < 1.29 is 4.79 Å². The molecule has 176 valence electrons. The minimum absolute atomic E-state index is 0.0144. The van der Waals surface area contributed by atoms with E-state index >= 15 is 0 Å². The average molecular weight is 479 g/mol. The molecular weight excluding hydrogens is 448 g/mol. The Labute approximate surface area is 213 Å². The van der Waals surface area contributed by atoms with Crippen molar-refractivity contribution in [1.82, 2.24) is 5.32 Å². The topological polar surface area (TPSA) is 41.1 Å². The zero-order chi connectivity index (χ0) is 24.8. The minimum Gasteiger partial charge on any atom is -0.352 e. The Morgan fingerprint density at radius 1 is 0.714 bits per heavy atom. The summed E-state index contributed by atoms with van der Waals surface area (Å²) in [4.78, 5) is 13.1. The number of ketones is 1. The first-order valence-corrected chi connectivity index (χ1v) is 12.1. The molecule has 4 aromatic carbocycles. The van der Waals surface area contributed by atoms with Gasteiger partial charge in [-0.3, -0.25) is 4.79 Å². The van der Waals surface area contributed by atoms with Crippen LogP contribution in [0.3, 0.4) is 0 Å². The fraction of sp³-hybridized carbons (Fsp3) is 0.161. The molecule has 2 N–H and O–H groups in total. The number of carbonyl (C=O) groups is 1. The van der Waals surface area contributed by atoms with E-state index in [9.17, 15) is 4.79 Å². The number of hydrogen-bond donors (Lipinski definition) is 2. The van der Waals surface area contributed by atoms with Crippen LogP contribution in [0, 0.1) is 0 Å². The summed E-state index contributed by atoms with van der Waals surface area (Å²) in [7, 11) is 0. The third-order valence-electron chi connectivity index (χ3n) is 5.94. The normalized spacial score (nSPS) is 11.2. The number of thiocarbonyl (C=S) groups is 1. The van der Waals surface area contributed by atoms with E-state index < -0.39 is 0 Å². The highest BCUT2D eigenvalue weighted by molar-refractivity contribution is 7.80. The second-order valence-corrected chi connectivity index (χ2v) is 10.00. The Hall–Kier alpha value is -3.76. The number of nitrogens with one attached hydrogen (secondary N) is 2. The highest BCUT2D eigenvalue weighted by atomic mass is 32.1. The summed E-state index contributed by atoms with van der Waals surface area (Å²) < 4.78 is 0. The second kappa shape index (κ2) is 10.7. The second-order valence-electron chi connectivity index (χ2n) is 9.59. The molecule has 0 unspecified atom stereocenters. The first kappa shape index (κ1) is 24.4. The van der Waals surface area contributed by atoms with E-state index in [4.69, 9.17) is 12.2 Å². The van der Waals surface area contributed by atoms with Gasteiger partial charge in [0.2, 0.25) is 0 Å². The van der Waals surface area contributed by atoms with Gasteiger partial charge >= 0.3 is 0 Å². The zero-order valence-electron chi connectivity index (χ0n) is 20.3. The van der Waals surface area contributed by atoms with Gasteiger partial charge in [0.15, 0.2) is 10.9 Å². The molecule has 0 bridgehead atoms. The van der Waals surface area contributed by atoms with Crippen LogP contribution in [0.4, 0.5) is 5.69 Å². The van der Waals surface area contributed by atoms with Crippen molar-refractivity contribution in [3.05, 3.63) is 137 Å². The van der Waals surface area contributed by atoms with Crippen LogP contribution >= 0.6 is 12.2 Å². The standard InChI is InChI=1S/C31H30N2OS/c1-31(2,3)26-19-17-24(18-20-26)29(34)25-15-10-16-27(21-25)32-30(35)33-28(22-11-6-4-7-12-22)23-13-8-5-9-14-23/h4-21,28H,1-3H3,(H2,32,33,35). The van der Waals surface area contributed by atoms with Gasteiger partial charge in [0, 0.05) is 16.8 Å². The number of hydrogen-bond acceptors (Lipinski definition) is 2. The molecule has 0 fully saturated rings. The van der Waals surface area contributed by atoms with Crippen LogP contribution in [0.5, 0.6) is 0 Å². The molecule has 0 saturated heterocycles. The SMILES string of the molecule is CC(C)(C)c1ccc(C(=O)c2cccc(NC(=S)NC(c3ccccc3)c3ccccc3)c2)cc1. The van der Waals surface area contributed by atoms with Crippen LogP contribution in [0.1, 0.15) is 59.4 Å². The fourth-order valence-corrected chi connectivity index (χ4v) is 4.21. The Morgan fingerprint density at radius 3 is 1.83 bits per heavy atom. The molecule has 3 nitrogen and oxygen atoms in total. The maximum absolute atomic E-state index is 13.1. The minimum atomic E-state index is -0.0939. The maximum Gasteiger partial charge on any atom is 0.193 e. The zero-order valence-corrected chi connectivity index (χ0v) is 21.1. The lowest BCUT2D eigenvalue weighted by molar-refractivity contribution is 0.103. The molecule has 35 heavy (non-hydrogen) atoms. The van der Waals surface area contributed by atoms with Crippen molar-refractivity contribution >= 4 is 28.8 Å². The van der Waals surface area contributed by atoms with E-state index in [-0.39, 0.29) is 17.2 Å². The van der Waals surface area contributed by atoms with Gasteiger partial charge in [-0.2, -0.15) is 0 Å².